The first-order valence-electron chi connectivity index (χ1n) is 6.58. The van der Waals surface area contributed by atoms with E-state index in [1.54, 1.807) is 0 Å². The standard InChI is InChI=1S/C13H24N2O3S/c1-8(2)13(9(3)4)11(17)15(12(18)14-13)6-10(16)7-19-5/h8-10,16H,6-7H2,1-5H3,(H,14,18). The predicted octanol–water partition coefficient (Wildman–Crippen LogP) is 1.31. The summed E-state index contributed by atoms with van der Waals surface area (Å²) >= 11 is 1.49. The lowest BCUT2D eigenvalue weighted by Crippen LogP contribution is -2.55. The predicted molar refractivity (Wildman–Crippen MR) is 77.0 cm³/mol. The van der Waals surface area contributed by atoms with Crippen LogP contribution in [0.25, 0.3) is 0 Å². The zero-order valence-electron chi connectivity index (χ0n) is 12.3. The van der Waals surface area contributed by atoms with Crippen molar-refractivity contribution in [2.45, 2.75) is 39.3 Å². The van der Waals surface area contributed by atoms with Crippen LogP contribution in [0.1, 0.15) is 27.7 Å². The Labute approximate surface area is 119 Å². The van der Waals surface area contributed by atoms with Gasteiger partial charge in [0.1, 0.15) is 5.54 Å². The molecule has 1 saturated heterocycles. The maximum absolute atomic E-state index is 12.6. The van der Waals surface area contributed by atoms with Crippen LogP contribution in [-0.4, -0.2) is 52.1 Å². The number of imide groups is 1. The number of urea groups is 1. The molecule has 6 heteroatoms. The Balaban J connectivity index is 2.94. The molecule has 5 nitrogen and oxygen atoms in total. The largest absolute Gasteiger partial charge is 0.390 e. The number of aliphatic hydroxyl groups excluding tert-OH is 1. The van der Waals surface area contributed by atoms with E-state index in [4.69, 9.17) is 0 Å². The lowest BCUT2D eigenvalue weighted by atomic mass is 9.77. The highest BCUT2D eigenvalue weighted by Gasteiger charge is 2.55. The SMILES string of the molecule is CSCC(O)CN1C(=O)NC(C(C)C)(C(C)C)C1=O. The number of carbonyl (C=O) groups excluding carboxylic acids is 2. The second-order valence-electron chi connectivity index (χ2n) is 5.63. The number of nitrogens with one attached hydrogen (secondary N) is 1. The highest BCUT2D eigenvalue weighted by Crippen LogP contribution is 2.33. The van der Waals surface area contributed by atoms with Gasteiger partial charge in [0.05, 0.1) is 12.6 Å². The molecule has 2 N–H and O–H groups in total. The van der Waals surface area contributed by atoms with Gasteiger partial charge in [-0.1, -0.05) is 27.7 Å². The van der Waals surface area contributed by atoms with Gasteiger partial charge in [-0.15, -0.1) is 0 Å². The van der Waals surface area contributed by atoms with Gasteiger partial charge in [-0.25, -0.2) is 4.79 Å². The zero-order valence-corrected chi connectivity index (χ0v) is 13.1. The molecular formula is C13H24N2O3S. The van der Waals surface area contributed by atoms with Crippen molar-refractivity contribution < 1.29 is 14.7 Å². The van der Waals surface area contributed by atoms with Crippen LogP contribution in [-0.2, 0) is 4.79 Å². The summed E-state index contributed by atoms with van der Waals surface area (Å²) in [6, 6.07) is -0.396. The van der Waals surface area contributed by atoms with Crippen LogP contribution in [0.5, 0.6) is 0 Å². The second kappa shape index (κ2) is 6.13. The number of thioether (sulfide) groups is 1. The molecule has 19 heavy (non-hydrogen) atoms. The molecule has 1 aliphatic heterocycles. The number of amides is 3. The second-order valence-corrected chi connectivity index (χ2v) is 6.54. The number of hydrogen-bond acceptors (Lipinski definition) is 4. The fourth-order valence-electron chi connectivity index (χ4n) is 2.68. The van der Waals surface area contributed by atoms with Crippen molar-refractivity contribution in [2.75, 3.05) is 18.6 Å². The smallest absolute Gasteiger partial charge is 0.325 e. The maximum atomic E-state index is 12.6. The van der Waals surface area contributed by atoms with Gasteiger partial charge < -0.3 is 10.4 Å². The van der Waals surface area contributed by atoms with Gasteiger partial charge in [-0.2, -0.15) is 11.8 Å². The van der Waals surface area contributed by atoms with E-state index >= 15 is 0 Å². The average molecular weight is 288 g/mol. The molecule has 1 aliphatic rings. The molecule has 0 spiro atoms. The van der Waals surface area contributed by atoms with E-state index < -0.39 is 17.7 Å². The molecule has 0 aromatic heterocycles. The van der Waals surface area contributed by atoms with Crippen molar-refractivity contribution in [3.05, 3.63) is 0 Å². The fourth-order valence-corrected chi connectivity index (χ4v) is 3.17. The highest BCUT2D eigenvalue weighted by atomic mass is 32.2. The van der Waals surface area contributed by atoms with Crippen molar-refractivity contribution in [1.82, 2.24) is 10.2 Å². The third kappa shape index (κ3) is 2.89. The molecule has 110 valence electrons. The molecule has 1 fully saturated rings. The van der Waals surface area contributed by atoms with E-state index in [2.05, 4.69) is 5.32 Å². The summed E-state index contributed by atoms with van der Waals surface area (Å²) < 4.78 is 0. The third-order valence-corrected chi connectivity index (χ3v) is 4.45. The normalized spacial score (nSPS) is 20.3. The summed E-state index contributed by atoms with van der Waals surface area (Å²) in [5.41, 5.74) is -0.851. The minimum absolute atomic E-state index is 0.00615. The van der Waals surface area contributed by atoms with E-state index in [1.807, 2.05) is 34.0 Å². The molecule has 0 bridgehead atoms. The topological polar surface area (TPSA) is 69.6 Å². The Hall–Kier alpha value is -0.750. The molecule has 0 aliphatic carbocycles. The van der Waals surface area contributed by atoms with Crippen LogP contribution in [0.2, 0.25) is 0 Å². The van der Waals surface area contributed by atoms with Gasteiger partial charge >= 0.3 is 6.03 Å². The number of β-amino-alcohol motifs (C(OH)–C–C–N with tert-alkyl or cyclic N) is 1. The molecule has 1 atom stereocenters. The lowest BCUT2D eigenvalue weighted by molar-refractivity contribution is -0.135. The molecule has 3 amide bonds. The number of carbonyl (C=O) groups is 2. The van der Waals surface area contributed by atoms with Crippen molar-refractivity contribution in [3.63, 3.8) is 0 Å². The van der Waals surface area contributed by atoms with Crippen LogP contribution in [0.3, 0.4) is 0 Å². The Kier molecular flexibility index (Phi) is 5.26. The summed E-state index contributed by atoms with van der Waals surface area (Å²) in [5, 5.41) is 12.6. The summed E-state index contributed by atoms with van der Waals surface area (Å²) in [5.74, 6) is 0.300. The van der Waals surface area contributed by atoms with Crippen LogP contribution < -0.4 is 5.32 Å². The number of aliphatic hydroxyl groups is 1. The summed E-state index contributed by atoms with van der Waals surface area (Å²) in [6.45, 7) is 7.78. The lowest BCUT2D eigenvalue weighted by Gasteiger charge is -2.34. The Morgan fingerprint density at radius 1 is 1.26 bits per heavy atom. The molecule has 0 aromatic rings. The Morgan fingerprint density at radius 3 is 2.16 bits per heavy atom. The number of rotatable bonds is 6. The molecule has 1 rings (SSSR count). The monoisotopic (exact) mass is 288 g/mol. The summed E-state index contributed by atoms with van der Waals surface area (Å²) in [6.07, 6.45) is 1.20. The highest BCUT2D eigenvalue weighted by molar-refractivity contribution is 7.98. The summed E-state index contributed by atoms with van der Waals surface area (Å²) in [7, 11) is 0. The first-order chi connectivity index (χ1) is 8.77. The van der Waals surface area contributed by atoms with Crippen LogP contribution in [0, 0.1) is 11.8 Å². The zero-order chi connectivity index (χ0) is 14.8. The van der Waals surface area contributed by atoms with Gasteiger partial charge in [0.2, 0.25) is 0 Å². The van der Waals surface area contributed by atoms with Gasteiger partial charge in [0.15, 0.2) is 0 Å². The van der Waals surface area contributed by atoms with Crippen LogP contribution >= 0.6 is 11.8 Å². The van der Waals surface area contributed by atoms with Gasteiger partial charge in [0, 0.05) is 5.75 Å². The van der Waals surface area contributed by atoms with Crippen LogP contribution in [0.15, 0.2) is 0 Å². The molecule has 0 aromatic carbocycles. The van der Waals surface area contributed by atoms with Crippen molar-refractivity contribution >= 4 is 23.7 Å². The van der Waals surface area contributed by atoms with Gasteiger partial charge in [0.25, 0.3) is 5.91 Å². The fraction of sp³-hybridized carbons (Fsp3) is 0.846. The first-order valence-corrected chi connectivity index (χ1v) is 7.97. The number of hydrogen-bond donors (Lipinski definition) is 2. The van der Waals surface area contributed by atoms with Crippen molar-refractivity contribution in [2.24, 2.45) is 11.8 Å². The van der Waals surface area contributed by atoms with Crippen molar-refractivity contribution in [1.29, 1.82) is 0 Å². The quantitative estimate of drug-likeness (QED) is 0.723. The van der Waals surface area contributed by atoms with Crippen LogP contribution in [0.4, 0.5) is 4.79 Å². The van der Waals surface area contributed by atoms with E-state index in [9.17, 15) is 14.7 Å². The average Bonchev–Trinajstić information content (AvgIpc) is 2.54. The molecule has 0 radical (unpaired) electrons. The Morgan fingerprint density at radius 2 is 1.79 bits per heavy atom. The van der Waals surface area contributed by atoms with E-state index in [0.29, 0.717) is 5.75 Å². The molecule has 1 unspecified atom stereocenters. The van der Waals surface area contributed by atoms with E-state index in [0.717, 1.165) is 4.90 Å². The molecular weight excluding hydrogens is 264 g/mol. The van der Waals surface area contributed by atoms with Crippen molar-refractivity contribution in [3.8, 4) is 0 Å². The summed E-state index contributed by atoms with van der Waals surface area (Å²) in [4.78, 5) is 25.8. The molecule has 0 saturated carbocycles. The van der Waals surface area contributed by atoms with E-state index in [-0.39, 0.29) is 24.3 Å². The Bertz CT molecular complexity index is 350. The molecule has 1 heterocycles. The first kappa shape index (κ1) is 16.3. The minimum Gasteiger partial charge on any atom is -0.390 e. The van der Waals surface area contributed by atoms with Gasteiger partial charge in [-0.05, 0) is 18.1 Å². The maximum Gasteiger partial charge on any atom is 0.325 e. The van der Waals surface area contributed by atoms with E-state index in [1.165, 1.54) is 11.8 Å². The third-order valence-electron chi connectivity index (χ3n) is 3.73. The number of nitrogens with zero attached hydrogens (tertiary/aromatic N) is 1. The minimum atomic E-state index is -0.851. The van der Waals surface area contributed by atoms with Gasteiger partial charge in [-0.3, -0.25) is 9.69 Å².